The fraction of sp³-hybridized carbons (Fsp3) is 0.200. The Morgan fingerprint density at radius 1 is 1.31 bits per heavy atom. The van der Waals surface area contributed by atoms with Crippen molar-refractivity contribution in [1.29, 1.82) is 0 Å². The summed E-state index contributed by atoms with van der Waals surface area (Å²) >= 11 is 0. The van der Waals surface area contributed by atoms with E-state index in [-0.39, 0.29) is 0 Å². The van der Waals surface area contributed by atoms with Crippen molar-refractivity contribution in [1.82, 2.24) is 0 Å². The summed E-state index contributed by atoms with van der Waals surface area (Å²) in [5, 5.41) is 1.68. The molecule has 0 heterocycles. The minimum absolute atomic E-state index is 0.600. The Bertz CT molecular complexity index is 295. The summed E-state index contributed by atoms with van der Waals surface area (Å²) in [5.41, 5.74) is 5.30. The van der Waals surface area contributed by atoms with Crippen molar-refractivity contribution in [2.45, 2.75) is 11.3 Å². The van der Waals surface area contributed by atoms with Crippen molar-refractivity contribution in [2.24, 2.45) is 5.73 Å². The molecule has 0 saturated heterocycles. The SMILES string of the molecule is NCC/C=C/S(=O)c1ccccc1. The Balaban J connectivity index is 2.59. The number of benzene rings is 1. The molecule has 0 radical (unpaired) electrons. The highest BCUT2D eigenvalue weighted by molar-refractivity contribution is 7.88. The van der Waals surface area contributed by atoms with E-state index in [4.69, 9.17) is 5.73 Å². The molecule has 0 aliphatic carbocycles. The molecule has 0 aliphatic rings. The highest BCUT2D eigenvalue weighted by Gasteiger charge is 1.95. The fourth-order valence-electron chi connectivity index (χ4n) is 0.885. The van der Waals surface area contributed by atoms with E-state index in [1.807, 2.05) is 36.4 Å². The number of hydrogen-bond donors (Lipinski definition) is 1. The third-order valence-corrected chi connectivity index (χ3v) is 2.71. The van der Waals surface area contributed by atoms with Gasteiger partial charge in [0, 0.05) is 10.3 Å². The van der Waals surface area contributed by atoms with Crippen LogP contribution in [0.5, 0.6) is 0 Å². The summed E-state index contributed by atoms with van der Waals surface area (Å²) in [4.78, 5) is 0.829. The molecule has 0 bridgehead atoms. The molecule has 0 saturated carbocycles. The third-order valence-electron chi connectivity index (χ3n) is 1.53. The second kappa shape index (κ2) is 5.67. The van der Waals surface area contributed by atoms with E-state index in [1.165, 1.54) is 0 Å². The van der Waals surface area contributed by atoms with E-state index < -0.39 is 10.8 Å². The van der Waals surface area contributed by atoms with Gasteiger partial charge < -0.3 is 5.73 Å². The van der Waals surface area contributed by atoms with Crippen LogP contribution in [0.3, 0.4) is 0 Å². The molecule has 1 atom stereocenters. The van der Waals surface area contributed by atoms with Gasteiger partial charge in [-0.2, -0.15) is 0 Å². The smallest absolute Gasteiger partial charge is 0.0772 e. The van der Waals surface area contributed by atoms with Crippen molar-refractivity contribution in [3.05, 3.63) is 41.8 Å². The van der Waals surface area contributed by atoms with Crippen LogP contribution in [0.15, 0.2) is 46.7 Å². The quantitative estimate of drug-likeness (QED) is 0.794. The normalized spacial score (nSPS) is 13.3. The number of nitrogens with two attached hydrogens (primary N) is 1. The lowest BCUT2D eigenvalue weighted by Crippen LogP contribution is -1.95. The summed E-state index contributed by atoms with van der Waals surface area (Å²) < 4.78 is 11.5. The molecule has 0 spiro atoms. The van der Waals surface area contributed by atoms with Crippen LogP contribution < -0.4 is 5.73 Å². The Morgan fingerprint density at radius 3 is 2.62 bits per heavy atom. The maximum absolute atomic E-state index is 11.5. The van der Waals surface area contributed by atoms with Crippen molar-refractivity contribution >= 4 is 10.8 Å². The monoisotopic (exact) mass is 195 g/mol. The van der Waals surface area contributed by atoms with E-state index >= 15 is 0 Å². The van der Waals surface area contributed by atoms with E-state index in [1.54, 1.807) is 5.41 Å². The lowest BCUT2D eigenvalue weighted by molar-refractivity contribution is 0.688. The maximum Gasteiger partial charge on any atom is 0.0772 e. The van der Waals surface area contributed by atoms with Gasteiger partial charge in [-0.15, -0.1) is 0 Å². The molecular weight excluding hydrogens is 182 g/mol. The van der Waals surface area contributed by atoms with E-state index in [2.05, 4.69) is 0 Å². The Kier molecular flexibility index (Phi) is 4.43. The molecule has 3 heteroatoms. The minimum atomic E-state index is -1.02. The molecular formula is C10H13NOS. The zero-order valence-corrected chi connectivity index (χ0v) is 8.17. The molecule has 1 unspecified atom stereocenters. The standard InChI is InChI=1S/C10H13NOS/c11-8-4-5-9-13(12)10-6-2-1-3-7-10/h1-3,5-7,9H,4,8,11H2/b9-5+. The molecule has 1 aromatic carbocycles. The second-order valence-electron chi connectivity index (χ2n) is 2.56. The molecule has 2 nitrogen and oxygen atoms in total. The van der Waals surface area contributed by atoms with E-state index in [9.17, 15) is 4.21 Å². The average molecular weight is 195 g/mol. The van der Waals surface area contributed by atoms with Gasteiger partial charge in [-0.1, -0.05) is 24.3 Å². The lowest BCUT2D eigenvalue weighted by atomic mass is 10.4. The van der Waals surface area contributed by atoms with Crippen LogP contribution in [0.2, 0.25) is 0 Å². The Labute approximate surface area is 80.9 Å². The highest BCUT2D eigenvalue weighted by atomic mass is 32.2. The predicted octanol–water partition coefficient (Wildman–Crippen LogP) is 1.66. The first kappa shape index (κ1) is 10.2. The first-order valence-corrected chi connectivity index (χ1v) is 5.38. The zero-order chi connectivity index (χ0) is 9.52. The molecule has 70 valence electrons. The molecule has 0 fully saturated rings. The van der Waals surface area contributed by atoms with Crippen LogP contribution in [0, 0.1) is 0 Å². The summed E-state index contributed by atoms with van der Waals surface area (Å²) in [6.07, 6.45) is 2.63. The summed E-state index contributed by atoms with van der Waals surface area (Å²) in [6, 6.07) is 9.37. The first-order chi connectivity index (χ1) is 6.34. The summed E-state index contributed by atoms with van der Waals surface area (Å²) in [5.74, 6) is 0. The van der Waals surface area contributed by atoms with Crippen LogP contribution in [0.1, 0.15) is 6.42 Å². The molecule has 13 heavy (non-hydrogen) atoms. The topological polar surface area (TPSA) is 43.1 Å². The number of rotatable bonds is 4. The predicted molar refractivity (Wildman–Crippen MR) is 55.7 cm³/mol. The van der Waals surface area contributed by atoms with E-state index in [0.29, 0.717) is 6.54 Å². The fourth-order valence-corrected chi connectivity index (χ4v) is 1.78. The highest BCUT2D eigenvalue weighted by Crippen LogP contribution is 2.06. The van der Waals surface area contributed by atoms with Gasteiger partial charge in [0.15, 0.2) is 0 Å². The molecule has 2 N–H and O–H groups in total. The van der Waals surface area contributed by atoms with Crippen LogP contribution in [0.25, 0.3) is 0 Å². The molecule has 0 aliphatic heterocycles. The molecule has 0 amide bonds. The third kappa shape index (κ3) is 3.53. The van der Waals surface area contributed by atoms with Gasteiger partial charge in [0.25, 0.3) is 0 Å². The van der Waals surface area contributed by atoms with E-state index in [0.717, 1.165) is 11.3 Å². The second-order valence-corrected chi connectivity index (χ2v) is 3.90. The summed E-state index contributed by atoms with van der Waals surface area (Å²) in [7, 11) is -1.02. The Morgan fingerprint density at radius 2 is 2.00 bits per heavy atom. The van der Waals surface area contributed by atoms with Gasteiger partial charge in [0.1, 0.15) is 0 Å². The van der Waals surface area contributed by atoms with Crippen molar-refractivity contribution in [2.75, 3.05) is 6.54 Å². The minimum Gasteiger partial charge on any atom is -0.330 e. The average Bonchev–Trinajstić information content (AvgIpc) is 2.19. The van der Waals surface area contributed by atoms with Crippen molar-refractivity contribution in [3.8, 4) is 0 Å². The molecule has 0 aromatic heterocycles. The van der Waals surface area contributed by atoms with Crippen LogP contribution in [-0.4, -0.2) is 10.8 Å². The van der Waals surface area contributed by atoms with Gasteiger partial charge in [-0.25, -0.2) is 4.21 Å². The lowest BCUT2D eigenvalue weighted by Gasteiger charge is -1.94. The van der Waals surface area contributed by atoms with Crippen LogP contribution >= 0.6 is 0 Å². The van der Waals surface area contributed by atoms with Crippen molar-refractivity contribution < 1.29 is 4.21 Å². The van der Waals surface area contributed by atoms with Crippen LogP contribution in [-0.2, 0) is 10.8 Å². The van der Waals surface area contributed by atoms with Crippen molar-refractivity contribution in [3.63, 3.8) is 0 Å². The van der Waals surface area contributed by atoms with Gasteiger partial charge in [0.2, 0.25) is 0 Å². The van der Waals surface area contributed by atoms with Gasteiger partial charge in [-0.3, -0.25) is 0 Å². The van der Waals surface area contributed by atoms with Gasteiger partial charge in [0.05, 0.1) is 10.8 Å². The molecule has 1 rings (SSSR count). The zero-order valence-electron chi connectivity index (χ0n) is 7.35. The Hall–Kier alpha value is -0.930. The number of hydrogen-bond acceptors (Lipinski definition) is 2. The maximum atomic E-state index is 11.5. The van der Waals surface area contributed by atoms with Gasteiger partial charge >= 0.3 is 0 Å². The largest absolute Gasteiger partial charge is 0.330 e. The molecule has 1 aromatic rings. The summed E-state index contributed by atoms with van der Waals surface area (Å²) in [6.45, 7) is 0.600. The first-order valence-electron chi connectivity index (χ1n) is 4.17. The van der Waals surface area contributed by atoms with Crippen LogP contribution in [0.4, 0.5) is 0 Å². The van der Waals surface area contributed by atoms with Gasteiger partial charge in [-0.05, 0) is 25.1 Å².